The number of nitrogens with two attached hydrogens (primary N) is 1. The molecule has 1 unspecified atom stereocenters. The van der Waals surface area contributed by atoms with Crippen molar-refractivity contribution in [3.63, 3.8) is 0 Å². The molecule has 16 heavy (non-hydrogen) atoms. The van der Waals surface area contributed by atoms with Gasteiger partial charge in [-0.1, -0.05) is 19.9 Å². The van der Waals surface area contributed by atoms with E-state index in [-0.39, 0.29) is 0 Å². The molecular formula is C12H20N2O2. The van der Waals surface area contributed by atoms with Crippen molar-refractivity contribution in [1.29, 1.82) is 0 Å². The van der Waals surface area contributed by atoms with Gasteiger partial charge in [0.05, 0.1) is 0 Å². The lowest BCUT2D eigenvalue weighted by Gasteiger charge is -2.01. The van der Waals surface area contributed by atoms with Crippen LogP contribution in [-0.2, 0) is 11.2 Å². The number of aliphatic carboxylic acids is 1. The Morgan fingerprint density at radius 2 is 2.00 bits per heavy atom. The van der Waals surface area contributed by atoms with Crippen molar-refractivity contribution < 1.29 is 9.90 Å². The van der Waals surface area contributed by atoms with E-state index < -0.39 is 12.0 Å². The van der Waals surface area contributed by atoms with Crippen LogP contribution in [0.4, 0.5) is 0 Å². The van der Waals surface area contributed by atoms with Crippen molar-refractivity contribution in [2.75, 3.05) is 0 Å². The molecule has 0 radical (unpaired) electrons. The van der Waals surface area contributed by atoms with Gasteiger partial charge in [0.15, 0.2) is 0 Å². The van der Waals surface area contributed by atoms with Crippen molar-refractivity contribution in [1.82, 2.24) is 4.98 Å². The largest absolute Gasteiger partial charge is 0.480 e. The van der Waals surface area contributed by atoms with Crippen molar-refractivity contribution >= 4 is 5.97 Å². The van der Waals surface area contributed by atoms with Gasteiger partial charge in [0.2, 0.25) is 0 Å². The molecule has 4 heteroatoms. The van der Waals surface area contributed by atoms with E-state index in [1.54, 1.807) is 0 Å². The minimum Gasteiger partial charge on any atom is -0.480 e. The Hall–Kier alpha value is -1.42. The average molecular weight is 224 g/mol. The van der Waals surface area contributed by atoms with Crippen LogP contribution in [0.3, 0.4) is 0 Å². The monoisotopic (exact) mass is 224 g/mol. The summed E-state index contributed by atoms with van der Waals surface area (Å²) in [6, 6.07) is 5.32. The summed E-state index contributed by atoms with van der Waals surface area (Å²) in [6.07, 6.45) is 2.93. The summed E-state index contributed by atoms with van der Waals surface area (Å²) < 4.78 is 0. The van der Waals surface area contributed by atoms with Gasteiger partial charge in [-0.15, -0.1) is 0 Å². The lowest BCUT2D eigenvalue weighted by molar-refractivity contribution is -0.138. The minimum absolute atomic E-state index is 0.704. The van der Waals surface area contributed by atoms with Crippen LogP contribution in [0.25, 0.3) is 0 Å². The van der Waals surface area contributed by atoms with Crippen molar-refractivity contribution in [3.8, 4) is 0 Å². The topological polar surface area (TPSA) is 76.2 Å². The van der Waals surface area contributed by atoms with Crippen LogP contribution in [0.2, 0.25) is 0 Å². The van der Waals surface area contributed by atoms with Gasteiger partial charge in [0.25, 0.3) is 0 Å². The van der Waals surface area contributed by atoms with E-state index in [0.29, 0.717) is 5.92 Å². The fourth-order valence-electron chi connectivity index (χ4n) is 0.937. The van der Waals surface area contributed by atoms with Gasteiger partial charge in [-0.05, 0) is 31.4 Å². The van der Waals surface area contributed by atoms with E-state index in [4.69, 9.17) is 10.8 Å². The number of carboxylic acids is 1. The van der Waals surface area contributed by atoms with Crippen molar-refractivity contribution in [2.24, 2.45) is 11.7 Å². The fourth-order valence-corrected chi connectivity index (χ4v) is 0.937. The zero-order valence-electron chi connectivity index (χ0n) is 10.1. The first-order chi connectivity index (χ1) is 7.43. The Morgan fingerprint density at radius 1 is 1.44 bits per heavy atom. The summed E-state index contributed by atoms with van der Waals surface area (Å²) in [5.41, 5.74) is 6.03. The summed E-state index contributed by atoms with van der Waals surface area (Å²) in [5, 5.41) is 7.87. The molecule has 0 aliphatic rings. The Morgan fingerprint density at radius 3 is 2.31 bits per heavy atom. The minimum atomic E-state index is -0.963. The van der Waals surface area contributed by atoms with Gasteiger partial charge in [0, 0.05) is 11.9 Å². The molecule has 0 spiro atoms. The van der Waals surface area contributed by atoms with Crippen LogP contribution in [0, 0.1) is 5.92 Å². The molecule has 90 valence electrons. The highest BCUT2D eigenvalue weighted by Gasteiger charge is 1.99. The van der Waals surface area contributed by atoms with Crippen LogP contribution in [0.15, 0.2) is 24.4 Å². The van der Waals surface area contributed by atoms with Crippen LogP contribution < -0.4 is 5.73 Å². The van der Waals surface area contributed by atoms with Crippen molar-refractivity contribution in [2.45, 2.75) is 33.2 Å². The summed E-state index contributed by atoms with van der Waals surface area (Å²) in [6.45, 7) is 5.83. The van der Waals surface area contributed by atoms with Gasteiger partial charge in [-0.2, -0.15) is 0 Å². The second-order valence-corrected chi connectivity index (χ2v) is 4.05. The summed E-state index contributed by atoms with van der Waals surface area (Å²) >= 11 is 0. The van der Waals surface area contributed by atoms with Crippen molar-refractivity contribution in [3.05, 3.63) is 30.1 Å². The SMILES string of the molecule is CC(C)Cc1ccccn1.CC(N)C(=O)O. The third kappa shape index (κ3) is 7.94. The summed E-state index contributed by atoms with van der Waals surface area (Å²) in [7, 11) is 0. The molecule has 0 saturated carbocycles. The van der Waals surface area contributed by atoms with Gasteiger partial charge >= 0.3 is 5.97 Å². The molecule has 1 rings (SSSR count). The second-order valence-electron chi connectivity index (χ2n) is 4.05. The van der Waals surface area contributed by atoms with E-state index in [1.807, 2.05) is 18.3 Å². The Bertz CT molecular complexity index is 297. The standard InChI is InChI=1S/C9H13N.C3H7NO2/c1-8(2)7-9-5-3-4-6-10-9;1-2(4)3(5)6/h3-6,8H,7H2,1-2H3;2H,4H2,1H3,(H,5,6). The van der Waals surface area contributed by atoms with Gasteiger partial charge < -0.3 is 10.8 Å². The van der Waals surface area contributed by atoms with E-state index >= 15 is 0 Å². The highest BCUT2D eigenvalue weighted by atomic mass is 16.4. The molecule has 0 saturated heterocycles. The maximum Gasteiger partial charge on any atom is 0.320 e. The van der Waals surface area contributed by atoms with E-state index in [1.165, 1.54) is 12.6 Å². The fraction of sp³-hybridized carbons (Fsp3) is 0.500. The number of hydrogen-bond donors (Lipinski definition) is 2. The highest BCUT2D eigenvalue weighted by Crippen LogP contribution is 2.02. The third-order valence-corrected chi connectivity index (χ3v) is 1.73. The zero-order valence-corrected chi connectivity index (χ0v) is 10.1. The molecule has 4 nitrogen and oxygen atoms in total. The summed E-state index contributed by atoms with van der Waals surface area (Å²) in [5.74, 6) is -0.259. The molecule has 0 fully saturated rings. The van der Waals surface area contributed by atoms with Gasteiger partial charge in [-0.3, -0.25) is 9.78 Å². The molecule has 0 aliphatic heterocycles. The van der Waals surface area contributed by atoms with E-state index in [2.05, 4.69) is 24.9 Å². The zero-order chi connectivity index (χ0) is 12.6. The van der Waals surface area contributed by atoms with Crippen LogP contribution >= 0.6 is 0 Å². The molecule has 3 N–H and O–H groups in total. The number of carbonyl (C=O) groups is 1. The predicted molar refractivity (Wildman–Crippen MR) is 64.1 cm³/mol. The van der Waals surface area contributed by atoms with Gasteiger partial charge in [0.1, 0.15) is 6.04 Å². The van der Waals surface area contributed by atoms with Crippen LogP contribution in [0.5, 0.6) is 0 Å². The normalized spacial score (nSPS) is 11.6. The molecule has 0 amide bonds. The second kappa shape index (κ2) is 7.82. The average Bonchev–Trinajstić information content (AvgIpc) is 2.19. The first-order valence-electron chi connectivity index (χ1n) is 5.31. The highest BCUT2D eigenvalue weighted by molar-refractivity contribution is 5.72. The first kappa shape index (κ1) is 14.6. The lowest BCUT2D eigenvalue weighted by atomic mass is 10.1. The van der Waals surface area contributed by atoms with Crippen LogP contribution in [0.1, 0.15) is 26.5 Å². The number of hydrogen-bond acceptors (Lipinski definition) is 3. The maximum atomic E-state index is 9.57. The number of rotatable bonds is 3. The molecular weight excluding hydrogens is 204 g/mol. The third-order valence-electron chi connectivity index (χ3n) is 1.73. The number of carboxylic acid groups (broad SMARTS) is 1. The predicted octanol–water partition coefficient (Wildman–Crippen LogP) is 1.70. The molecule has 0 bridgehead atoms. The molecule has 1 aromatic rings. The van der Waals surface area contributed by atoms with Crippen LogP contribution in [-0.4, -0.2) is 22.1 Å². The molecule has 1 aromatic heterocycles. The number of nitrogens with zero attached hydrogens (tertiary/aromatic N) is 1. The number of pyridine rings is 1. The maximum absolute atomic E-state index is 9.57. The Balaban J connectivity index is 0.000000325. The Kier molecular flexibility index (Phi) is 7.12. The molecule has 0 aliphatic carbocycles. The lowest BCUT2D eigenvalue weighted by Crippen LogP contribution is -2.25. The molecule has 1 heterocycles. The smallest absolute Gasteiger partial charge is 0.320 e. The van der Waals surface area contributed by atoms with E-state index in [9.17, 15) is 4.79 Å². The quantitative estimate of drug-likeness (QED) is 0.819. The first-order valence-corrected chi connectivity index (χ1v) is 5.31. The van der Waals surface area contributed by atoms with Gasteiger partial charge in [-0.25, -0.2) is 0 Å². The molecule has 1 atom stereocenters. The molecule has 0 aromatic carbocycles. The number of aromatic nitrogens is 1. The van der Waals surface area contributed by atoms with E-state index in [0.717, 1.165) is 6.42 Å². The Labute approximate surface area is 96.5 Å². The summed E-state index contributed by atoms with van der Waals surface area (Å²) in [4.78, 5) is 13.8.